The number of nitrogens with zero attached hydrogens (tertiary/aromatic N) is 5. The number of carbonyl (C=O) groups excluding carboxylic acids is 1. The summed E-state index contributed by atoms with van der Waals surface area (Å²) in [6.07, 6.45) is 3.17. The Kier molecular flexibility index (Phi) is 6.41. The Morgan fingerprint density at radius 1 is 1.26 bits per heavy atom. The van der Waals surface area contributed by atoms with E-state index in [9.17, 15) is 23.1 Å². The molecule has 2 aliphatic heterocycles. The predicted molar refractivity (Wildman–Crippen MR) is 120 cm³/mol. The number of fused-ring (bicyclic) bond motifs is 2. The number of alkyl halides is 3. The summed E-state index contributed by atoms with van der Waals surface area (Å²) in [6, 6.07) is -0.322. The molecule has 2 bridgehead atoms. The lowest BCUT2D eigenvalue weighted by Crippen LogP contribution is -2.43. The van der Waals surface area contributed by atoms with Crippen LogP contribution in [-0.2, 0) is 11.3 Å². The second-order valence-corrected chi connectivity index (χ2v) is 9.70. The molecule has 4 rings (SSSR count). The van der Waals surface area contributed by atoms with Crippen LogP contribution in [0.4, 0.5) is 24.8 Å². The van der Waals surface area contributed by atoms with E-state index in [1.54, 1.807) is 42.0 Å². The van der Waals surface area contributed by atoms with E-state index in [4.69, 9.17) is 0 Å². The number of hydrogen-bond donors (Lipinski definition) is 2. The number of hydrogen-bond acceptors (Lipinski definition) is 6. The number of aromatic nitrogens is 4. The van der Waals surface area contributed by atoms with Gasteiger partial charge in [-0.15, -0.1) is 0 Å². The Hall–Kier alpha value is -2.95. The fraction of sp³-hybridized carbons (Fsp3) is 0.565. The zero-order valence-electron chi connectivity index (χ0n) is 19.4. The van der Waals surface area contributed by atoms with Gasteiger partial charge in [0.1, 0.15) is 0 Å². The van der Waals surface area contributed by atoms with Crippen LogP contribution in [0.25, 0.3) is 5.57 Å². The maximum absolute atomic E-state index is 12.6. The molecule has 0 saturated carbocycles. The van der Waals surface area contributed by atoms with Crippen molar-refractivity contribution in [1.82, 2.24) is 24.6 Å². The zero-order chi connectivity index (χ0) is 24.7. The van der Waals surface area contributed by atoms with E-state index < -0.39 is 30.5 Å². The zero-order valence-corrected chi connectivity index (χ0v) is 19.4. The maximum Gasteiger partial charge on any atom is 0.389 e. The van der Waals surface area contributed by atoms with Crippen LogP contribution in [0.3, 0.4) is 0 Å². The summed E-state index contributed by atoms with van der Waals surface area (Å²) < 4.78 is 39.3. The predicted octanol–water partition coefficient (Wildman–Crippen LogP) is 3.99. The van der Waals surface area contributed by atoms with E-state index in [1.807, 2.05) is 13.0 Å². The summed E-state index contributed by atoms with van der Waals surface area (Å²) in [5.41, 5.74) is 2.41. The molecule has 184 valence electrons. The van der Waals surface area contributed by atoms with E-state index >= 15 is 0 Å². The Morgan fingerprint density at radius 2 is 2.03 bits per heavy atom. The summed E-state index contributed by atoms with van der Waals surface area (Å²) in [4.78, 5) is 23.2. The van der Waals surface area contributed by atoms with E-state index in [-0.39, 0.29) is 12.1 Å². The topological polar surface area (TPSA) is 96.2 Å². The van der Waals surface area contributed by atoms with Crippen LogP contribution in [0.5, 0.6) is 0 Å². The quantitative estimate of drug-likeness (QED) is 0.625. The van der Waals surface area contributed by atoms with Crippen molar-refractivity contribution in [3.63, 3.8) is 0 Å². The third kappa shape index (κ3) is 5.75. The van der Waals surface area contributed by atoms with Gasteiger partial charge in [-0.3, -0.25) is 9.48 Å². The molecule has 4 heterocycles. The third-order valence-electron chi connectivity index (χ3n) is 6.02. The van der Waals surface area contributed by atoms with Gasteiger partial charge in [0.2, 0.25) is 11.9 Å². The molecular formula is C23H29F3N6O2. The molecular weight excluding hydrogens is 449 g/mol. The number of aliphatic hydroxyl groups is 1. The van der Waals surface area contributed by atoms with Crippen LogP contribution < -0.4 is 5.32 Å². The number of amides is 1. The van der Waals surface area contributed by atoms with Crippen molar-refractivity contribution in [2.24, 2.45) is 0 Å². The lowest BCUT2D eigenvalue weighted by Gasteiger charge is -2.34. The van der Waals surface area contributed by atoms with Gasteiger partial charge in [0.15, 0.2) is 0 Å². The minimum atomic E-state index is -4.34. The fourth-order valence-corrected chi connectivity index (χ4v) is 4.64. The molecule has 0 radical (unpaired) electrons. The standard InChI is InChI=1S/C23H29F3N6O2/c1-14-10-27-21(29-16-11-28-31(12-16)13-22(2,3)34)30-20(14)15-8-17-4-5-18(9-15)32(17)19(33)6-7-23(24,25)26/h8,10-12,17-18,34H,4-7,9,13H2,1-3H3,(H,27,29,30)/t17-,18+/m0/s1. The lowest BCUT2D eigenvalue weighted by molar-refractivity contribution is -0.150. The smallest absolute Gasteiger partial charge is 0.389 e. The normalized spacial score (nSPS) is 20.4. The molecule has 1 amide bonds. The second-order valence-electron chi connectivity index (χ2n) is 9.70. The van der Waals surface area contributed by atoms with Crippen molar-refractivity contribution in [3.05, 3.63) is 35.9 Å². The molecule has 2 N–H and O–H groups in total. The largest absolute Gasteiger partial charge is 0.389 e. The van der Waals surface area contributed by atoms with Gasteiger partial charge in [0.25, 0.3) is 0 Å². The van der Waals surface area contributed by atoms with Gasteiger partial charge in [-0.2, -0.15) is 18.3 Å². The molecule has 2 aromatic heterocycles. The van der Waals surface area contributed by atoms with Gasteiger partial charge in [0.05, 0.1) is 42.2 Å². The fourth-order valence-electron chi connectivity index (χ4n) is 4.64. The van der Waals surface area contributed by atoms with Gasteiger partial charge < -0.3 is 15.3 Å². The highest BCUT2D eigenvalue weighted by Gasteiger charge is 2.41. The third-order valence-corrected chi connectivity index (χ3v) is 6.02. The van der Waals surface area contributed by atoms with Crippen LogP contribution >= 0.6 is 0 Å². The molecule has 1 fully saturated rings. The minimum Gasteiger partial charge on any atom is -0.389 e. The molecule has 2 atom stereocenters. The van der Waals surface area contributed by atoms with Crippen molar-refractivity contribution < 1.29 is 23.1 Å². The molecule has 0 aliphatic carbocycles. The van der Waals surface area contributed by atoms with E-state index in [0.717, 1.165) is 29.7 Å². The number of anilines is 2. The minimum absolute atomic E-state index is 0.114. The summed E-state index contributed by atoms with van der Waals surface area (Å²) in [5.74, 6) is -0.0507. The van der Waals surface area contributed by atoms with Crippen molar-refractivity contribution in [1.29, 1.82) is 0 Å². The van der Waals surface area contributed by atoms with E-state index in [1.165, 1.54) is 0 Å². The average Bonchev–Trinajstić information content (AvgIpc) is 3.26. The Morgan fingerprint density at radius 3 is 2.71 bits per heavy atom. The monoisotopic (exact) mass is 478 g/mol. The van der Waals surface area contributed by atoms with Gasteiger partial charge >= 0.3 is 6.18 Å². The van der Waals surface area contributed by atoms with Crippen LogP contribution in [-0.4, -0.2) is 59.5 Å². The van der Waals surface area contributed by atoms with Gasteiger partial charge in [-0.25, -0.2) is 9.97 Å². The summed E-state index contributed by atoms with van der Waals surface area (Å²) in [5, 5.41) is 17.3. The average molecular weight is 479 g/mol. The maximum atomic E-state index is 12.6. The highest BCUT2D eigenvalue weighted by atomic mass is 19.4. The molecule has 11 heteroatoms. The lowest BCUT2D eigenvalue weighted by atomic mass is 9.96. The molecule has 1 saturated heterocycles. The van der Waals surface area contributed by atoms with Crippen LogP contribution in [0.15, 0.2) is 24.7 Å². The summed E-state index contributed by atoms with van der Waals surface area (Å²) >= 11 is 0. The number of carbonyl (C=O) groups is 1. The SMILES string of the molecule is Cc1cnc(Nc2cnn(CC(C)(C)O)c2)nc1C1=C[C@@H]2CC[C@H](C1)N2C(=O)CCC(F)(F)F. The Labute approximate surface area is 195 Å². The van der Waals surface area contributed by atoms with Crippen molar-refractivity contribution in [2.45, 2.75) is 83.3 Å². The molecule has 0 unspecified atom stereocenters. The summed E-state index contributed by atoms with van der Waals surface area (Å²) in [7, 11) is 0. The molecule has 0 aromatic carbocycles. The number of nitrogens with one attached hydrogen (secondary N) is 1. The number of aryl methyl sites for hydroxylation is 1. The first kappa shape index (κ1) is 24.2. The molecule has 2 aliphatic rings. The van der Waals surface area contributed by atoms with E-state index in [0.29, 0.717) is 24.6 Å². The first-order valence-electron chi connectivity index (χ1n) is 11.3. The number of rotatable bonds is 7. The van der Waals surface area contributed by atoms with Crippen molar-refractivity contribution in [3.8, 4) is 0 Å². The van der Waals surface area contributed by atoms with Crippen LogP contribution in [0.1, 0.15) is 57.2 Å². The first-order chi connectivity index (χ1) is 15.9. The number of halogens is 3. The first-order valence-corrected chi connectivity index (χ1v) is 11.3. The Bertz CT molecular complexity index is 1090. The molecule has 0 spiro atoms. The highest BCUT2D eigenvalue weighted by molar-refractivity contribution is 5.80. The van der Waals surface area contributed by atoms with Crippen molar-refractivity contribution in [2.75, 3.05) is 5.32 Å². The van der Waals surface area contributed by atoms with E-state index in [2.05, 4.69) is 20.4 Å². The molecule has 34 heavy (non-hydrogen) atoms. The van der Waals surface area contributed by atoms with Crippen LogP contribution in [0.2, 0.25) is 0 Å². The van der Waals surface area contributed by atoms with Crippen LogP contribution in [0, 0.1) is 6.92 Å². The molecule has 2 aromatic rings. The molecule has 8 nitrogen and oxygen atoms in total. The van der Waals surface area contributed by atoms with Crippen molar-refractivity contribution >= 4 is 23.1 Å². The Balaban J connectivity index is 1.49. The van der Waals surface area contributed by atoms with Gasteiger partial charge in [-0.05, 0) is 51.2 Å². The summed E-state index contributed by atoms with van der Waals surface area (Å²) in [6.45, 7) is 5.65. The second kappa shape index (κ2) is 9.01. The highest BCUT2D eigenvalue weighted by Crippen LogP contribution is 2.39. The van der Waals surface area contributed by atoms with Gasteiger partial charge in [0, 0.05) is 24.9 Å². The van der Waals surface area contributed by atoms with Gasteiger partial charge in [-0.1, -0.05) is 6.08 Å².